The summed E-state index contributed by atoms with van der Waals surface area (Å²) in [6.07, 6.45) is 1.87. The SMILES string of the molecule is CCN1CCC(CC(=O)NC[C@H](O)c2cccc(O)c2)CC1. The van der Waals surface area contributed by atoms with Gasteiger partial charge in [0, 0.05) is 13.0 Å². The number of aliphatic hydroxyl groups is 1. The van der Waals surface area contributed by atoms with Crippen molar-refractivity contribution >= 4 is 5.91 Å². The van der Waals surface area contributed by atoms with E-state index in [-0.39, 0.29) is 18.2 Å². The molecule has 1 amide bonds. The summed E-state index contributed by atoms with van der Waals surface area (Å²) in [5, 5.41) is 22.2. The van der Waals surface area contributed by atoms with Crippen LogP contribution in [0.25, 0.3) is 0 Å². The average molecular weight is 306 g/mol. The number of phenols is 1. The molecule has 3 N–H and O–H groups in total. The fraction of sp³-hybridized carbons (Fsp3) is 0.588. The highest BCUT2D eigenvalue weighted by molar-refractivity contribution is 5.76. The Bertz CT molecular complexity index is 485. The van der Waals surface area contributed by atoms with E-state index in [4.69, 9.17) is 0 Å². The second-order valence-corrected chi connectivity index (χ2v) is 6.00. The maximum absolute atomic E-state index is 12.0. The second kappa shape index (κ2) is 8.15. The summed E-state index contributed by atoms with van der Waals surface area (Å²) in [6, 6.07) is 6.48. The molecule has 5 heteroatoms. The van der Waals surface area contributed by atoms with Crippen molar-refractivity contribution < 1.29 is 15.0 Å². The van der Waals surface area contributed by atoms with Crippen LogP contribution >= 0.6 is 0 Å². The minimum absolute atomic E-state index is 0.00542. The zero-order valence-electron chi connectivity index (χ0n) is 13.2. The smallest absolute Gasteiger partial charge is 0.220 e. The number of amides is 1. The molecule has 2 rings (SSSR count). The molecule has 0 saturated carbocycles. The molecule has 0 radical (unpaired) electrons. The van der Waals surface area contributed by atoms with E-state index in [1.807, 2.05) is 0 Å². The number of aromatic hydroxyl groups is 1. The van der Waals surface area contributed by atoms with E-state index in [9.17, 15) is 15.0 Å². The molecular weight excluding hydrogens is 280 g/mol. The minimum atomic E-state index is -0.794. The van der Waals surface area contributed by atoms with Gasteiger partial charge < -0.3 is 20.4 Å². The molecule has 22 heavy (non-hydrogen) atoms. The fourth-order valence-corrected chi connectivity index (χ4v) is 2.90. The molecule has 122 valence electrons. The van der Waals surface area contributed by atoms with E-state index >= 15 is 0 Å². The minimum Gasteiger partial charge on any atom is -0.508 e. The molecule has 1 atom stereocenters. The van der Waals surface area contributed by atoms with Gasteiger partial charge in [0.05, 0.1) is 6.10 Å². The molecule has 5 nitrogen and oxygen atoms in total. The van der Waals surface area contributed by atoms with Gasteiger partial charge in [0.1, 0.15) is 5.75 Å². The Hall–Kier alpha value is -1.59. The molecular formula is C17H26N2O3. The van der Waals surface area contributed by atoms with Crippen LogP contribution in [0.4, 0.5) is 0 Å². The molecule has 1 aromatic carbocycles. The first-order valence-corrected chi connectivity index (χ1v) is 8.04. The highest BCUT2D eigenvalue weighted by atomic mass is 16.3. The third-order valence-electron chi connectivity index (χ3n) is 4.38. The lowest BCUT2D eigenvalue weighted by atomic mass is 9.93. The molecule has 1 saturated heterocycles. The van der Waals surface area contributed by atoms with Crippen molar-refractivity contribution in [1.82, 2.24) is 10.2 Å². The van der Waals surface area contributed by atoms with Gasteiger partial charge in [-0.3, -0.25) is 4.79 Å². The van der Waals surface area contributed by atoms with E-state index in [0.29, 0.717) is 17.9 Å². The number of benzene rings is 1. The first kappa shape index (κ1) is 16.8. The van der Waals surface area contributed by atoms with Crippen LogP contribution in [-0.2, 0) is 4.79 Å². The Balaban J connectivity index is 1.71. The topological polar surface area (TPSA) is 72.8 Å². The predicted molar refractivity (Wildman–Crippen MR) is 85.5 cm³/mol. The number of aliphatic hydroxyl groups excluding tert-OH is 1. The van der Waals surface area contributed by atoms with Gasteiger partial charge in [0.25, 0.3) is 0 Å². The number of hydrogen-bond donors (Lipinski definition) is 3. The van der Waals surface area contributed by atoms with E-state index in [1.54, 1.807) is 18.2 Å². The van der Waals surface area contributed by atoms with Crippen LogP contribution in [0.5, 0.6) is 5.75 Å². The summed E-state index contributed by atoms with van der Waals surface area (Å²) in [7, 11) is 0. The first-order valence-electron chi connectivity index (χ1n) is 8.04. The zero-order valence-corrected chi connectivity index (χ0v) is 13.2. The van der Waals surface area contributed by atoms with E-state index < -0.39 is 6.10 Å². The highest BCUT2D eigenvalue weighted by Crippen LogP contribution is 2.21. The van der Waals surface area contributed by atoms with E-state index in [1.165, 1.54) is 6.07 Å². The molecule has 0 spiro atoms. The van der Waals surface area contributed by atoms with Crippen LogP contribution in [0.1, 0.15) is 37.9 Å². The Kier molecular flexibility index (Phi) is 6.21. The van der Waals surface area contributed by atoms with Crippen molar-refractivity contribution in [2.24, 2.45) is 5.92 Å². The quantitative estimate of drug-likeness (QED) is 0.747. The number of piperidine rings is 1. The number of nitrogens with one attached hydrogen (secondary N) is 1. The summed E-state index contributed by atoms with van der Waals surface area (Å²) in [5.74, 6) is 0.556. The number of carbonyl (C=O) groups is 1. The Morgan fingerprint density at radius 3 is 2.77 bits per heavy atom. The molecule has 1 aliphatic heterocycles. The van der Waals surface area contributed by atoms with Gasteiger partial charge in [0.15, 0.2) is 0 Å². The van der Waals surface area contributed by atoms with Crippen LogP contribution in [-0.4, -0.2) is 47.2 Å². The number of nitrogens with zero attached hydrogens (tertiary/aromatic N) is 1. The van der Waals surface area contributed by atoms with Gasteiger partial charge in [-0.1, -0.05) is 19.1 Å². The van der Waals surface area contributed by atoms with Gasteiger partial charge in [0.2, 0.25) is 5.91 Å². The fourth-order valence-electron chi connectivity index (χ4n) is 2.90. The Labute approximate surface area is 131 Å². The summed E-state index contributed by atoms with van der Waals surface area (Å²) >= 11 is 0. The molecule has 0 unspecified atom stereocenters. The zero-order chi connectivity index (χ0) is 15.9. The van der Waals surface area contributed by atoms with Crippen molar-refractivity contribution in [1.29, 1.82) is 0 Å². The Morgan fingerprint density at radius 1 is 1.41 bits per heavy atom. The summed E-state index contributed by atoms with van der Waals surface area (Å²) in [6.45, 7) is 5.56. The second-order valence-electron chi connectivity index (χ2n) is 6.00. The van der Waals surface area contributed by atoms with Gasteiger partial charge in [-0.2, -0.15) is 0 Å². The van der Waals surface area contributed by atoms with Crippen LogP contribution < -0.4 is 5.32 Å². The lowest BCUT2D eigenvalue weighted by molar-refractivity contribution is -0.122. The number of carbonyl (C=O) groups excluding carboxylic acids is 1. The average Bonchev–Trinajstić information content (AvgIpc) is 2.53. The standard InChI is InChI=1S/C17H26N2O3/c1-2-19-8-6-13(7-9-19)10-17(22)18-12-16(21)14-4-3-5-15(20)11-14/h3-5,11,13,16,20-21H,2,6-10,12H2,1H3,(H,18,22)/t16-/m0/s1. The van der Waals surface area contributed by atoms with E-state index in [0.717, 1.165) is 32.5 Å². The largest absolute Gasteiger partial charge is 0.508 e. The maximum atomic E-state index is 12.0. The van der Waals surface area contributed by atoms with Crippen LogP contribution in [0, 0.1) is 5.92 Å². The lowest BCUT2D eigenvalue weighted by Gasteiger charge is -2.30. The van der Waals surface area contributed by atoms with Gasteiger partial charge in [-0.15, -0.1) is 0 Å². The first-order chi connectivity index (χ1) is 10.6. The summed E-state index contributed by atoms with van der Waals surface area (Å²) in [5.41, 5.74) is 0.608. The molecule has 1 heterocycles. The van der Waals surface area contributed by atoms with Crippen molar-refractivity contribution in [3.05, 3.63) is 29.8 Å². The molecule has 1 aromatic rings. The Morgan fingerprint density at radius 2 is 2.14 bits per heavy atom. The lowest BCUT2D eigenvalue weighted by Crippen LogP contribution is -2.36. The monoisotopic (exact) mass is 306 g/mol. The number of hydrogen-bond acceptors (Lipinski definition) is 4. The highest BCUT2D eigenvalue weighted by Gasteiger charge is 2.20. The van der Waals surface area contributed by atoms with Crippen LogP contribution in [0.2, 0.25) is 0 Å². The molecule has 1 aliphatic rings. The van der Waals surface area contributed by atoms with Gasteiger partial charge >= 0.3 is 0 Å². The molecule has 1 fully saturated rings. The van der Waals surface area contributed by atoms with Gasteiger partial charge in [-0.25, -0.2) is 0 Å². The summed E-state index contributed by atoms with van der Waals surface area (Å²) in [4.78, 5) is 14.4. The number of phenolic OH excluding ortho intramolecular Hbond substituents is 1. The van der Waals surface area contributed by atoms with Gasteiger partial charge in [-0.05, 0) is 56.1 Å². The molecule has 0 aliphatic carbocycles. The number of rotatable bonds is 6. The predicted octanol–water partition coefficient (Wildman–Crippen LogP) is 1.66. The van der Waals surface area contributed by atoms with Crippen LogP contribution in [0.3, 0.4) is 0 Å². The van der Waals surface area contributed by atoms with Crippen molar-refractivity contribution in [2.45, 2.75) is 32.3 Å². The summed E-state index contributed by atoms with van der Waals surface area (Å²) < 4.78 is 0. The molecule has 0 aromatic heterocycles. The third kappa shape index (κ3) is 5.00. The van der Waals surface area contributed by atoms with Crippen molar-refractivity contribution in [3.8, 4) is 5.75 Å². The molecule has 0 bridgehead atoms. The normalized spacial score (nSPS) is 18.1. The van der Waals surface area contributed by atoms with E-state index in [2.05, 4.69) is 17.1 Å². The van der Waals surface area contributed by atoms with Crippen molar-refractivity contribution in [2.75, 3.05) is 26.2 Å². The van der Waals surface area contributed by atoms with Crippen LogP contribution in [0.15, 0.2) is 24.3 Å². The number of likely N-dealkylation sites (tertiary alicyclic amines) is 1. The maximum Gasteiger partial charge on any atom is 0.220 e. The third-order valence-corrected chi connectivity index (χ3v) is 4.38. The van der Waals surface area contributed by atoms with Crippen molar-refractivity contribution in [3.63, 3.8) is 0 Å².